The van der Waals surface area contributed by atoms with E-state index in [9.17, 15) is 20.0 Å². The van der Waals surface area contributed by atoms with Crippen LogP contribution >= 0.6 is 15.9 Å². The van der Waals surface area contributed by atoms with Gasteiger partial charge in [0.05, 0.1) is 16.4 Å². The number of benzene rings is 1. The minimum absolute atomic E-state index is 0.0957. The van der Waals surface area contributed by atoms with Crippen LogP contribution in [0.4, 0.5) is 11.4 Å². The lowest BCUT2D eigenvalue weighted by Crippen LogP contribution is -2.39. The van der Waals surface area contributed by atoms with E-state index in [1.807, 2.05) is 6.07 Å². The molecule has 2 heterocycles. The number of anilines is 1. The highest BCUT2D eigenvalue weighted by atomic mass is 79.9. The maximum atomic E-state index is 11.4. The number of aromatic nitrogens is 1. The second-order valence-electron chi connectivity index (χ2n) is 5.53. The average molecular weight is 380 g/mol. The number of carboxylic acids is 1. The van der Waals surface area contributed by atoms with Crippen LogP contribution in [0.25, 0.3) is 10.9 Å². The molecule has 120 valence electrons. The summed E-state index contributed by atoms with van der Waals surface area (Å²) < 4.78 is 0.792. The van der Waals surface area contributed by atoms with E-state index in [-0.39, 0.29) is 12.2 Å². The predicted octanol–water partition coefficient (Wildman–Crippen LogP) is 3.21. The molecular weight excluding hydrogens is 366 g/mol. The monoisotopic (exact) mass is 379 g/mol. The van der Waals surface area contributed by atoms with Crippen molar-refractivity contribution in [1.82, 2.24) is 4.98 Å². The lowest BCUT2D eigenvalue weighted by Gasteiger charge is -2.32. The average Bonchev–Trinajstić information content (AvgIpc) is 2.53. The Morgan fingerprint density at radius 3 is 2.96 bits per heavy atom. The molecular formula is C15H14BrN3O4. The third-order valence-electron chi connectivity index (χ3n) is 4.07. The summed E-state index contributed by atoms with van der Waals surface area (Å²) in [7, 11) is 0. The summed E-state index contributed by atoms with van der Waals surface area (Å²) in [5.41, 5.74) is 1.00. The quantitative estimate of drug-likeness (QED) is 0.649. The molecule has 1 fully saturated rings. The number of pyridine rings is 1. The fourth-order valence-corrected chi connectivity index (χ4v) is 3.35. The number of hydrogen-bond donors (Lipinski definition) is 1. The molecule has 0 saturated carbocycles. The molecule has 3 rings (SSSR count). The molecule has 1 aromatic carbocycles. The normalized spacial score (nSPS) is 18.1. The summed E-state index contributed by atoms with van der Waals surface area (Å²) >= 11 is 3.38. The third kappa shape index (κ3) is 2.98. The van der Waals surface area contributed by atoms with E-state index >= 15 is 0 Å². The van der Waals surface area contributed by atoms with Gasteiger partial charge >= 0.3 is 11.7 Å². The van der Waals surface area contributed by atoms with Crippen molar-refractivity contribution in [2.24, 2.45) is 5.92 Å². The molecule has 0 radical (unpaired) electrons. The van der Waals surface area contributed by atoms with E-state index in [1.165, 1.54) is 6.20 Å². The molecule has 0 aliphatic carbocycles. The molecule has 0 amide bonds. The molecule has 1 aliphatic heterocycles. The molecule has 0 spiro atoms. The SMILES string of the molecule is O=C(O)C1CCCN(c2c([N+](=O)[O-])cnc3ccc(Br)cc23)C1. The number of rotatable bonds is 3. The van der Waals surface area contributed by atoms with Gasteiger partial charge in [-0.2, -0.15) is 0 Å². The van der Waals surface area contributed by atoms with Crippen LogP contribution in [-0.2, 0) is 4.79 Å². The zero-order valence-electron chi connectivity index (χ0n) is 12.1. The van der Waals surface area contributed by atoms with E-state index in [0.717, 1.165) is 4.47 Å². The van der Waals surface area contributed by atoms with Gasteiger partial charge in [0.25, 0.3) is 0 Å². The number of aliphatic carboxylic acids is 1. The second kappa shape index (κ2) is 6.11. The van der Waals surface area contributed by atoms with Gasteiger partial charge in [-0.15, -0.1) is 0 Å². The van der Waals surface area contributed by atoms with Gasteiger partial charge in [-0.1, -0.05) is 15.9 Å². The van der Waals surface area contributed by atoms with Gasteiger partial charge in [0, 0.05) is 22.9 Å². The summed E-state index contributed by atoms with van der Waals surface area (Å²) in [5, 5.41) is 21.3. The van der Waals surface area contributed by atoms with Gasteiger partial charge < -0.3 is 10.0 Å². The van der Waals surface area contributed by atoms with Crippen molar-refractivity contribution in [1.29, 1.82) is 0 Å². The molecule has 1 saturated heterocycles. The van der Waals surface area contributed by atoms with Crippen molar-refractivity contribution < 1.29 is 14.8 Å². The summed E-state index contributed by atoms with van der Waals surface area (Å²) in [4.78, 5) is 28.2. The fraction of sp³-hybridized carbons (Fsp3) is 0.333. The van der Waals surface area contributed by atoms with Crippen molar-refractivity contribution >= 4 is 44.2 Å². The first kappa shape index (κ1) is 15.7. The zero-order valence-corrected chi connectivity index (χ0v) is 13.7. The standard InChI is InChI=1S/C15H14BrN3O4/c16-10-3-4-12-11(6-10)14(13(7-17-12)19(22)23)18-5-1-2-9(8-18)15(20)21/h3-4,6-7,9H,1-2,5,8H2,(H,20,21). The van der Waals surface area contributed by atoms with Crippen molar-refractivity contribution in [3.63, 3.8) is 0 Å². The van der Waals surface area contributed by atoms with Crippen LogP contribution in [0, 0.1) is 16.0 Å². The van der Waals surface area contributed by atoms with Crippen molar-refractivity contribution in [3.05, 3.63) is 39.0 Å². The maximum absolute atomic E-state index is 11.4. The topological polar surface area (TPSA) is 96.6 Å². The highest BCUT2D eigenvalue weighted by Gasteiger charge is 2.30. The van der Waals surface area contributed by atoms with Crippen molar-refractivity contribution in [2.75, 3.05) is 18.0 Å². The summed E-state index contributed by atoms with van der Waals surface area (Å²) in [6.07, 6.45) is 2.52. The number of nitro groups is 1. The molecule has 1 aliphatic rings. The molecule has 1 aromatic heterocycles. The number of halogens is 1. The molecule has 23 heavy (non-hydrogen) atoms. The Kier molecular flexibility index (Phi) is 4.16. The molecule has 8 heteroatoms. The van der Waals surface area contributed by atoms with Gasteiger partial charge in [0.15, 0.2) is 0 Å². The van der Waals surface area contributed by atoms with Gasteiger partial charge in [-0.3, -0.25) is 14.9 Å². The van der Waals surface area contributed by atoms with Crippen molar-refractivity contribution in [2.45, 2.75) is 12.8 Å². The Balaban J connectivity index is 2.17. The number of hydrogen-bond acceptors (Lipinski definition) is 5. The first-order valence-corrected chi connectivity index (χ1v) is 7.97. The lowest BCUT2D eigenvalue weighted by molar-refractivity contribution is -0.384. The third-order valence-corrected chi connectivity index (χ3v) is 4.56. The highest BCUT2D eigenvalue weighted by molar-refractivity contribution is 9.10. The molecule has 1 atom stereocenters. The van der Waals surface area contributed by atoms with Gasteiger partial charge in [-0.25, -0.2) is 4.98 Å². The lowest BCUT2D eigenvalue weighted by atomic mass is 9.97. The van der Waals surface area contributed by atoms with Crippen LogP contribution in [0.2, 0.25) is 0 Å². The number of nitrogens with zero attached hydrogens (tertiary/aromatic N) is 3. The number of piperidine rings is 1. The molecule has 1 unspecified atom stereocenters. The Morgan fingerprint density at radius 1 is 1.48 bits per heavy atom. The smallest absolute Gasteiger partial charge is 0.311 e. The molecule has 2 aromatic rings. The minimum Gasteiger partial charge on any atom is -0.481 e. The Labute approximate surface area is 140 Å². The number of fused-ring (bicyclic) bond motifs is 1. The minimum atomic E-state index is -0.864. The van der Waals surface area contributed by atoms with E-state index < -0.39 is 16.8 Å². The highest BCUT2D eigenvalue weighted by Crippen LogP contribution is 2.38. The second-order valence-corrected chi connectivity index (χ2v) is 6.45. The van der Waals surface area contributed by atoms with Gasteiger partial charge in [0.2, 0.25) is 0 Å². The van der Waals surface area contributed by atoms with E-state index in [4.69, 9.17) is 0 Å². The van der Waals surface area contributed by atoms with E-state index in [0.29, 0.717) is 36.0 Å². The fourth-order valence-electron chi connectivity index (χ4n) is 2.99. The Morgan fingerprint density at radius 2 is 2.26 bits per heavy atom. The van der Waals surface area contributed by atoms with Crippen LogP contribution in [-0.4, -0.2) is 34.1 Å². The Bertz CT molecular complexity index is 796. The van der Waals surface area contributed by atoms with E-state index in [2.05, 4.69) is 20.9 Å². The summed E-state index contributed by atoms with van der Waals surface area (Å²) in [6, 6.07) is 5.39. The van der Waals surface area contributed by atoms with E-state index in [1.54, 1.807) is 17.0 Å². The van der Waals surface area contributed by atoms with Gasteiger partial charge in [-0.05, 0) is 31.0 Å². The first-order valence-electron chi connectivity index (χ1n) is 7.18. The zero-order chi connectivity index (χ0) is 16.6. The van der Waals surface area contributed by atoms with Crippen LogP contribution in [0.3, 0.4) is 0 Å². The largest absolute Gasteiger partial charge is 0.481 e. The first-order chi connectivity index (χ1) is 11.0. The molecule has 0 bridgehead atoms. The van der Waals surface area contributed by atoms with Crippen LogP contribution < -0.4 is 4.90 Å². The molecule has 1 N–H and O–H groups in total. The van der Waals surface area contributed by atoms with Gasteiger partial charge in [0.1, 0.15) is 11.9 Å². The summed E-state index contributed by atoms with van der Waals surface area (Å²) in [6.45, 7) is 0.859. The van der Waals surface area contributed by atoms with Crippen LogP contribution in [0.5, 0.6) is 0 Å². The number of carboxylic acid groups (broad SMARTS) is 1. The predicted molar refractivity (Wildman–Crippen MR) is 88.7 cm³/mol. The number of carbonyl (C=O) groups is 1. The van der Waals surface area contributed by atoms with Crippen molar-refractivity contribution in [3.8, 4) is 0 Å². The Hall–Kier alpha value is -2.22. The maximum Gasteiger partial charge on any atom is 0.311 e. The summed E-state index contributed by atoms with van der Waals surface area (Å²) in [5.74, 6) is -1.38. The van der Waals surface area contributed by atoms with Crippen LogP contribution in [0.1, 0.15) is 12.8 Å². The molecule has 7 nitrogen and oxygen atoms in total. The van der Waals surface area contributed by atoms with Crippen LogP contribution in [0.15, 0.2) is 28.9 Å².